The Bertz CT molecular complexity index is 289. The zero-order valence-electron chi connectivity index (χ0n) is 8.75. The molecule has 0 aliphatic carbocycles. The summed E-state index contributed by atoms with van der Waals surface area (Å²) in [5.41, 5.74) is 7.74. The van der Waals surface area contributed by atoms with E-state index in [1.54, 1.807) is 11.8 Å². The highest BCUT2D eigenvalue weighted by atomic mass is 32.2. The highest BCUT2D eigenvalue weighted by molar-refractivity contribution is 7.99. The number of thioether (sulfide) groups is 1. The van der Waals surface area contributed by atoms with E-state index in [1.165, 1.54) is 4.90 Å². The Balaban J connectivity index is 2.39. The lowest BCUT2D eigenvalue weighted by molar-refractivity contribution is 0.164. The number of nitrogen functional groups attached to an aromatic ring is 1. The summed E-state index contributed by atoms with van der Waals surface area (Å²) >= 11 is 1.80. The van der Waals surface area contributed by atoms with E-state index in [0.717, 1.165) is 30.2 Å². The quantitative estimate of drug-likeness (QED) is 0.462. The predicted octanol–water partition coefficient (Wildman–Crippen LogP) is 2.71. The first-order valence-electron chi connectivity index (χ1n) is 4.80. The molecule has 0 bridgehead atoms. The zero-order valence-corrected chi connectivity index (χ0v) is 9.56. The molecule has 0 aromatic heterocycles. The molecule has 14 heavy (non-hydrogen) atoms. The van der Waals surface area contributed by atoms with Gasteiger partial charge in [0.2, 0.25) is 0 Å². The first-order chi connectivity index (χ1) is 6.74. The number of ether oxygens (including phenoxy) is 1. The molecule has 78 valence electrons. The van der Waals surface area contributed by atoms with Crippen LogP contribution in [-0.2, 0) is 4.74 Å². The summed E-state index contributed by atoms with van der Waals surface area (Å²) in [6.07, 6.45) is 0. The van der Waals surface area contributed by atoms with Crippen LogP contribution in [0.1, 0.15) is 12.5 Å². The molecule has 0 spiro atoms. The Morgan fingerprint density at radius 3 is 2.86 bits per heavy atom. The summed E-state index contributed by atoms with van der Waals surface area (Å²) in [7, 11) is 0. The lowest BCUT2D eigenvalue weighted by atomic mass is 10.2. The minimum atomic E-state index is 0.793. The standard InChI is InChI=1S/C11H17NOS/c1-3-13-6-7-14-10-4-5-11(12)9(2)8-10/h4-5,8H,3,6-7,12H2,1-2H3. The number of anilines is 1. The summed E-state index contributed by atoms with van der Waals surface area (Å²) in [5, 5.41) is 0. The van der Waals surface area contributed by atoms with E-state index in [0.29, 0.717) is 0 Å². The van der Waals surface area contributed by atoms with Crippen molar-refractivity contribution >= 4 is 17.4 Å². The molecule has 0 atom stereocenters. The van der Waals surface area contributed by atoms with E-state index in [-0.39, 0.29) is 0 Å². The second-order valence-corrected chi connectivity index (χ2v) is 4.23. The van der Waals surface area contributed by atoms with Gasteiger partial charge in [-0.3, -0.25) is 0 Å². The van der Waals surface area contributed by atoms with Crippen LogP contribution in [0.2, 0.25) is 0 Å². The summed E-state index contributed by atoms with van der Waals surface area (Å²) in [6, 6.07) is 6.13. The molecule has 0 fully saturated rings. The van der Waals surface area contributed by atoms with E-state index in [2.05, 4.69) is 12.1 Å². The number of nitrogens with two attached hydrogens (primary N) is 1. The molecule has 0 aliphatic heterocycles. The van der Waals surface area contributed by atoms with Crippen LogP contribution in [-0.4, -0.2) is 19.0 Å². The van der Waals surface area contributed by atoms with E-state index in [9.17, 15) is 0 Å². The Kier molecular flexibility index (Phi) is 4.84. The molecule has 0 unspecified atom stereocenters. The van der Waals surface area contributed by atoms with E-state index < -0.39 is 0 Å². The van der Waals surface area contributed by atoms with Crippen molar-refractivity contribution in [1.29, 1.82) is 0 Å². The average molecular weight is 211 g/mol. The van der Waals surface area contributed by atoms with Gasteiger partial charge in [0.05, 0.1) is 6.61 Å². The minimum Gasteiger partial charge on any atom is -0.399 e. The monoisotopic (exact) mass is 211 g/mol. The summed E-state index contributed by atoms with van der Waals surface area (Å²) in [5.74, 6) is 0.997. The fourth-order valence-corrected chi connectivity index (χ4v) is 1.96. The number of hydrogen-bond donors (Lipinski definition) is 1. The number of rotatable bonds is 5. The van der Waals surface area contributed by atoms with Crippen LogP contribution in [0.3, 0.4) is 0 Å². The molecule has 0 amide bonds. The number of hydrogen-bond acceptors (Lipinski definition) is 3. The fourth-order valence-electron chi connectivity index (χ4n) is 1.10. The van der Waals surface area contributed by atoms with Gasteiger partial charge in [-0.1, -0.05) is 0 Å². The van der Waals surface area contributed by atoms with Crippen molar-refractivity contribution in [3.63, 3.8) is 0 Å². The van der Waals surface area contributed by atoms with Crippen LogP contribution in [0.4, 0.5) is 5.69 Å². The molecule has 0 saturated carbocycles. The molecule has 1 rings (SSSR count). The molecule has 3 heteroatoms. The third-order valence-corrected chi connectivity index (χ3v) is 2.90. The highest BCUT2D eigenvalue weighted by Gasteiger charge is 1.97. The van der Waals surface area contributed by atoms with Gasteiger partial charge in [-0.25, -0.2) is 0 Å². The molecule has 2 nitrogen and oxygen atoms in total. The SMILES string of the molecule is CCOCCSc1ccc(N)c(C)c1. The Hall–Kier alpha value is -0.670. The van der Waals surface area contributed by atoms with E-state index in [1.807, 2.05) is 19.9 Å². The smallest absolute Gasteiger partial charge is 0.0560 e. The van der Waals surface area contributed by atoms with Crippen LogP contribution in [0.5, 0.6) is 0 Å². The Morgan fingerprint density at radius 1 is 1.43 bits per heavy atom. The molecule has 1 aromatic carbocycles. The maximum absolute atomic E-state index is 5.73. The summed E-state index contributed by atoms with van der Waals surface area (Å²) < 4.78 is 5.26. The van der Waals surface area contributed by atoms with Gasteiger partial charge in [-0.15, -0.1) is 11.8 Å². The number of benzene rings is 1. The molecule has 0 radical (unpaired) electrons. The van der Waals surface area contributed by atoms with Crippen LogP contribution in [0.25, 0.3) is 0 Å². The van der Waals surface area contributed by atoms with Crippen molar-refractivity contribution < 1.29 is 4.74 Å². The van der Waals surface area contributed by atoms with Gasteiger partial charge in [0.25, 0.3) is 0 Å². The van der Waals surface area contributed by atoms with Gasteiger partial charge >= 0.3 is 0 Å². The molecule has 2 N–H and O–H groups in total. The predicted molar refractivity (Wildman–Crippen MR) is 62.8 cm³/mol. The molecular weight excluding hydrogens is 194 g/mol. The molecule has 0 aliphatic rings. The molecular formula is C11H17NOS. The number of aryl methyl sites for hydroxylation is 1. The highest BCUT2D eigenvalue weighted by Crippen LogP contribution is 2.22. The van der Waals surface area contributed by atoms with Gasteiger partial charge in [-0.05, 0) is 37.6 Å². The lowest BCUT2D eigenvalue weighted by Crippen LogP contribution is -1.96. The van der Waals surface area contributed by atoms with Crippen LogP contribution >= 0.6 is 11.8 Å². The van der Waals surface area contributed by atoms with Gasteiger partial charge in [0.1, 0.15) is 0 Å². The van der Waals surface area contributed by atoms with Gasteiger partial charge in [-0.2, -0.15) is 0 Å². The Morgan fingerprint density at radius 2 is 2.21 bits per heavy atom. The van der Waals surface area contributed by atoms with E-state index in [4.69, 9.17) is 10.5 Å². The zero-order chi connectivity index (χ0) is 10.4. The van der Waals surface area contributed by atoms with Crippen molar-refractivity contribution in [2.45, 2.75) is 18.7 Å². The third-order valence-electron chi connectivity index (χ3n) is 1.94. The Labute approximate surface area is 89.8 Å². The second-order valence-electron chi connectivity index (χ2n) is 3.06. The van der Waals surface area contributed by atoms with Gasteiger partial charge in [0, 0.05) is 22.9 Å². The third kappa shape index (κ3) is 3.60. The largest absolute Gasteiger partial charge is 0.399 e. The van der Waals surface area contributed by atoms with E-state index >= 15 is 0 Å². The summed E-state index contributed by atoms with van der Waals surface area (Å²) in [6.45, 7) is 5.64. The average Bonchev–Trinajstić information content (AvgIpc) is 2.18. The normalized spacial score (nSPS) is 10.4. The van der Waals surface area contributed by atoms with Crippen molar-refractivity contribution in [3.8, 4) is 0 Å². The first kappa shape index (κ1) is 11.4. The fraction of sp³-hybridized carbons (Fsp3) is 0.455. The van der Waals surface area contributed by atoms with Crippen molar-refractivity contribution in [3.05, 3.63) is 23.8 Å². The maximum atomic E-state index is 5.73. The van der Waals surface area contributed by atoms with Gasteiger partial charge < -0.3 is 10.5 Å². The maximum Gasteiger partial charge on any atom is 0.0560 e. The molecule has 0 saturated heterocycles. The topological polar surface area (TPSA) is 35.2 Å². The summed E-state index contributed by atoms with van der Waals surface area (Å²) in [4.78, 5) is 1.26. The van der Waals surface area contributed by atoms with Crippen molar-refractivity contribution in [1.82, 2.24) is 0 Å². The lowest BCUT2D eigenvalue weighted by Gasteiger charge is -2.04. The minimum absolute atomic E-state index is 0.793. The molecule has 1 aromatic rings. The van der Waals surface area contributed by atoms with Crippen molar-refractivity contribution in [2.24, 2.45) is 0 Å². The second kappa shape index (κ2) is 5.94. The van der Waals surface area contributed by atoms with Gasteiger partial charge in [0.15, 0.2) is 0 Å². The van der Waals surface area contributed by atoms with Crippen LogP contribution in [0.15, 0.2) is 23.1 Å². The molecule has 0 heterocycles. The van der Waals surface area contributed by atoms with Crippen LogP contribution < -0.4 is 5.73 Å². The van der Waals surface area contributed by atoms with Crippen LogP contribution in [0, 0.1) is 6.92 Å². The van der Waals surface area contributed by atoms with Crippen molar-refractivity contribution in [2.75, 3.05) is 24.7 Å². The first-order valence-corrected chi connectivity index (χ1v) is 5.79.